The van der Waals surface area contributed by atoms with E-state index in [-0.39, 0.29) is 0 Å². The number of fused-ring (bicyclic) bond motifs is 9. The van der Waals surface area contributed by atoms with Crippen LogP contribution in [0.4, 0.5) is 0 Å². The lowest BCUT2D eigenvalue weighted by atomic mass is 9.93. The van der Waals surface area contributed by atoms with Crippen LogP contribution >= 0.6 is 11.8 Å². The summed E-state index contributed by atoms with van der Waals surface area (Å²) < 4.78 is 2.48. The zero-order valence-electron chi connectivity index (χ0n) is 27.3. The van der Waals surface area contributed by atoms with Gasteiger partial charge in [0.05, 0.1) is 11.0 Å². The minimum absolute atomic E-state index is 1.15. The molecule has 1 nitrogen and oxygen atoms in total. The summed E-state index contributed by atoms with van der Waals surface area (Å²) in [6.45, 7) is 0. The van der Waals surface area contributed by atoms with E-state index < -0.39 is 0 Å². The second-order valence-corrected chi connectivity index (χ2v) is 14.0. The summed E-state index contributed by atoms with van der Waals surface area (Å²) in [6, 6.07) is 68.7. The number of nitrogens with zero attached hydrogens (tertiary/aromatic N) is 1. The van der Waals surface area contributed by atoms with E-state index >= 15 is 0 Å². The molecule has 10 rings (SSSR count). The molecule has 50 heavy (non-hydrogen) atoms. The number of hydrogen-bond donors (Lipinski definition) is 0. The van der Waals surface area contributed by atoms with Crippen molar-refractivity contribution in [3.63, 3.8) is 0 Å². The molecule has 0 aliphatic carbocycles. The van der Waals surface area contributed by atoms with Crippen LogP contribution in [0.2, 0.25) is 0 Å². The van der Waals surface area contributed by atoms with Crippen molar-refractivity contribution in [3.05, 3.63) is 188 Å². The van der Waals surface area contributed by atoms with Gasteiger partial charge in [0.2, 0.25) is 0 Å². The normalized spacial score (nSPS) is 11.9. The third-order valence-corrected chi connectivity index (χ3v) is 11.2. The van der Waals surface area contributed by atoms with Gasteiger partial charge < -0.3 is 4.57 Å². The van der Waals surface area contributed by atoms with Crippen molar-refractivity contribution in [1.29, 1.82) is 0 Å². The fraction of sp³-hybridized carbons (Fsp3) is 0. The number of rotatable bonds is 4. The van der Waals surface area contributed by atoms with E-state index in [0.29, 0.717) is 0 Å². The Balaban J connectivity index is 1.17. The van der Waals surface area contributed by atoms with E-state index in [1.807, 2.05) is 11.8 Å². The van der Waals surface area contributed by atoms with Gasteiger partial charge in [0, 0.05) is 26.3 Å². The van der Waals surface area contributed by atoms with Crippen LogP contribution in [-0.4, -0.2) is 4.57 Å². The maximum atomic E-state index is 2.48. The molecule has 0 saturated carbocycles. The lowest BCUT2D eigenvalue weighted by molar-refractivity contribution is 1.16. The molecule has 1 aliphatic rings. The Labute approximate surface area is 296 Å². The van der Waals surface area contributed by atoms with E-state index in [1.54, 1.807) is 0 Å². The van der Waals surface area contributed by atoms with Crippen LogP contribution in [0.15, 0.2) is 198 Å². The monoisotopic (exact) mass is 653 g/mol. The highest BCUT2D eigenvalue weighted by Gasteiger charge is 2.25. The molecule has 0 spiro atoms. The van der Waals surface area contributed by atoms with Crippen LogP contribution < -0.4 is 0 Å². The standard InChI is InChI=1S/C48H31NS/c1-3-13-32(14-4-1)35-29-36(33-15-5-2-6-16-33)31-37(30-35)34-23-25-38(26-24-34)49-45-21-11-9-19-41(45)43-27-28-44-40-18-8-7-17-39(40)42-20-10-12-22-46(42)50-48(44)47(43)49/h1-31H. The first-order chi connectivity index (χ1) is 24.8. The molecule has 0 saturated heterocycles. The Morgan fingerprint density at radius 2 is 0.860 bits per heavy atom. The van der Waals surface area contributed by atoms with Gasteiger partial charge in [-0.05, 0) is 98.1 Å². The molecule has 2 heterocycles. The van der Waals surface area contributed by atoms with Crippen molar-refractivity contribution >= 4 is 33.6 Å². The third kappa shape index (κ3) is 4.72. The summed E-state index contributed by atoms with van der Waals surface area (Å²) in [5.74, 6) is 0. The van der Waals surface area contributed by atoms with Crippen LogP contribution in [-0.2, 0) is 0 Å². The van der Waals surface area contributed by atoms with Gasteiger partial charge in [0.25, 0.3) is 0 Å². The fourth-order valence-electron chi connectivity index (χ4n) is 7.64. The van der Waals surface area contributed by atoms with Gasteiger partial charge in [-0.2, -0.15) is 0 Å². The van der Waals surface area contributed by atoms with Gasteiger partial charge in [-0.15, -0.1) is 0 Å². The molecule has 0 radical (unpaired) electrons. The molecule has 1 aromatic heterocycles. The highest BCUT2D eigenvalue weighted by Crippen LogP contribution is 2.51. The van der Waals surface area contributed by atoms with Crippen molar-refractivity contribution in [2.75, 3.05) is 0 Å². The second kappa shape index (κ2) is 11.8. The largest absolute Gasteiger partial charge is 0.308 e. The van der Waals surface area contributed by atoms with Crippen molar-refractivity contribution in [1.82, 2.24) is 4.57 Å². The molecule has 8 aromatic carbocycles. The zero-order valence-corrected chi connectivity index (χ0v) is 28.1. The number of para-hydroxylation sites is 1. The Bertz CT molecular complexity index is 2650. The molecular formula is C48H31NS. The fourth-order valence-corrected chi connectivity index (χ4v) is 8.88. The lowest BCUT2D eigenvalue weighted by Gasteiger charge is -2.15. The molecule has 0 unspecified atom stereocenters. The molecule has 234 valence electrons. The quantitative estimate of drug-likeness (QED) is 0.183. The van der Waals surface area contributed by atoms with Crippen LogP contribution in [0.5, 0.6) is 0 Å². The first-order valence-electron chi connectivity index (χ1n) is 17.1. The average Bonchev–Trinajstić information content (AvgIpc) is 3.46. The van der Waals surface area contributed by atoms with E-state index in [9.17, 15) is 0 Å². The molecule has 2 heteroatoms. The lowest BCUT2D eigenvalue weighted by Crippen LogP contribution is -1.96. The molecule has 0 fully saturated rings. The van der Waals surface area contributed by atoms with E-state index in [1.165, 1.54) is 87.2 Å². The predicted octanol–water partition coefficient (Wildman–Crippen LogP) is 13.6. The van der Waals surface area contributed by atoms with Gasteiger partial charge in [-0.3, -0.25) is 0 Å². The summed E-state index contributed by atoms with van der Waals surface area (Å²) in [6.07, 6.45) is 0. The third-order valence-electron chi connectivity index (χ3n) is 10.0. The molecule has 0 amide bonds. The van der Waals surface area contributed by atoms with Crippen molar-refractivity contribution in [2.45, 2.75) is 9.79 Å². The van der Waals surface area contributed by atoms with Gasteiger partial charge in [0.1, 0.15) is 0 Å². The highest BCUT2D eigenvalue weighted by molar-refractivity contribution is 7.99. The van der Waals surface area contributed by atoms with E-state index in [0.717, 1.165) is 5.69 Å². The maximum absolute atomic E-state index is 2.48. The van der Waals surface area contributed by atoms with Crippen molar-refractivity contribution in [2.24, 2.45) is 0 Å². The summed E-state index contributed by atoms with van der Waals surface area (Å²) in [5.41, 5.74) is 16.0. The van der Waals surface area contributed by atoms with Crippen molar-refractivity contribution in [3.8, 4) is 61.3 Å². The van der Waals surface area contributed by atoms with Crippen LogP contribution in [0.1, 0.15) is 0 Å². The van der Waals surface area contributed by atoms with Gasteiger partial charge in [-0.25, -0.2) is 0 Å². The predicted molar refractivity (Wildman–Crippen MR) is 212 cm³/mol. The Kier molecular flexibility index (Phi) is 6.82. The minimum atomic E-state index is 1.15. The van der Waals surface area contributed by atoms with Crippen LogP contribution in [0.3, 0.4) is 0 Å². The Morgan fingerprint density at radius 3 is 1.52 bits per heavy atom. The number of aromatic nitrogens is 1. The second-order valence-electron chi connectivity index (χ2n) is 12.9. The van der Waals surface area contributed by atoms with E-state index in [4.69, 9.17) is 0 Å². The molecule has 1 aliphatic heterocycles. The summed E-state index contributed by atoms with van der Waals surface area (Å²) in [4.78, 5) is 2.58. The topological polar surface area (TPSA) is 4.93 Å². The van der Waals surface area contributed by atoms with E-state index in [2.05, 4.69) is 193 Å². The molecular weight excluding hydrogens is 623 g/mol. The Hall–Kier alpha value is -6.09. The molecule has 0 N–H and O–H groups in total. The van der Waals surface area contributed by atoms with Crippen LogP contribution in [0.25, 0.3) is 83.1 Å². The zero-order chi connectivity index (χ0) is 33.0. The van der Waals surface area contributed by atoms with Gasteiger partial charge >= 0.3 is 0 Å². The summed E-state index contributed by atoms with van der Waals surface area (Å²) in [7, 11) is 0. The SMILES string of the molecule is c1ccc(-c2cc(-c3ccccc3)cc(-c3ccc(-n4c5ccccc5c5ccc6c(c54)Sc4ccccc4-c4ccccc4-6)cc3)c2)cc1. The van der Waals surface area contributed by atoms with Gasteiger partial charge in [0.15, 0.2) is 0 Å². The minimum Gasteiger partial charge on any atom is -0.308 e. The number of benzene rings is 8. The Morgan fingerprint density at radius 1 is 0.340 bits per heavy atom. The summed E-state index contributed by atoms with van der Waals surface area (Å²) >= 11 is 1.89. The molecule has 9 aromatic rings. The molecule has 0 bridgehead atoms. The summed E-state index contributed by atoms with van der Waals surface area (Å²) in [5, 5.41) is 2.54. The molecule has 0 atom stereocenters. The van der Waals surface area contributed by atoms with Crippen molar-refractivity contribution < 1.29 is 0 Å². The van der Waals surface area contributed by atoms with Crippen LogP contribution in [0, 0.1) is 0 Å². The first-order valence-corrected chi connectivity index (χ1v) is 17.9. The first kappa shape index (κ1) is 28.9. The maximum Gasteiger partial charge on any atom is 0.0686 e. The highest BCUT2D eigenvalue weighted by atomic mass is 32.2. The number of hydrogen-bond acceptors (Lipinski definition) is 1. The van der Waals surface area contributed by atoms with Gasteiger partial charge in [-0.1, -0.05) is 157 Å². The average molecular weight is 654 g/mol. The smallest absolute Gasteiger partial charge is 0.0686 e.